The number of hydrogen-bond acceptors (Lipinski definition) is 3. The van der Waals surface area contributed by atoms with Crippen LogP contribution in [0.5, 0.6) is 0 Å². The van der Waals surface area contributed by atoms with Gasteiger partial charge in [0.25, 0.3) is 0 Å². The number of imidazole rings is 1. The van der Waals surface area contributed by atoms with Crippen molar-refractivity contribution < 1.29 is 4.79 Å². The van der Waals surface area contributed by atoms with Gasteiger partial charge in [-0.25, -0.2) is 4.98 Å². The van der Waals surface area contributed by atoms with Gasteiger partial charge in [-0.3, -0.25) is 9.36 Å². The Morgan fingerprint density at radius 2 is 2.32 bits per heavy atom. The summed E-state index contributed by atoms with van der Waals surface area (Å²) < 4.78 is 2.32. The molecule has 5 nitrogen and oxygen atoms in total. The lowest BCUT2D eigenvalue weighted by Crippen LogP contribution is -2.32. The molecule has 19 heavy (non-hydrogen) atoms. The van der Waals surface area contributed by atoms with Crippen LogP contribution in [-0.2, 0) is 4.79 Å². The molecule has 1 aliphatic carbocycles. The molecule has 0 radical (unpaired) electrons. The van der Waals surface area contributed by atoms with Crippen LogP contribution in [0.3, 0.4) is 0 Å². The van der Waals surface area contributed by atoms with E-state index in [2.05, 4.69) is 15.3 Å². The van der Waals surface area contributed by atoms with Crippen molar-refractivity contribution >= 4 is 29.3 Å². The van der Waals surface area contributed by atoms with Gasteiger partial charge in [-0.2, -0.15) is 0 Å². The highest BCUT2D eigenvalue weighted by Crippen LogP contribution is 2.22. The lowest BCUT2D eigenvalue weighted by atomic mass is 10.3. The van der Waals surface area contributed by atoms with E-state index in [1.165, 1.54) is 0 Å². The van der Waals surface area contributed by atoms with Crippen molar-refractivity contribution in [1.29, 1.82) is 0 Å². The number of hydrogen-bond donors (Lipinski definition) is 2. The molecule has 1 atom stereocenters. The smallest absolute Gasteiger partial charge is 0.243 e. The number of amides is 1. The first-order valence-corrected chi connectivity index (χ1v) is 6.85. The number of carbonyl (C=O) groups is 1. The maximum Gasteiger partial charge on any atom is 0.243 e. The second-order valence-corrected chi connectivity index (χ2v) is 5.47. The first-order chi connectivity index (χ1) is 9.06. The van der Waals surface area contributed by atoms with Gasteiger partial charge in [-0.15, -0.1) is 0 Å². The van der Waals surface area contributed by atoms with E-state index in [4.69, 9.17) is 12.2 Å². The van der Waals surface area contributed by atoms with E-state index >= 15 is 0 Å². The largest absolute Gasteiger partial charge is 0.352 e. The van der Waals surface area contributed by atoms with Crippen molar-refractivity contribution in [3.05, 3.63) is 22.6 Å². The Balaban J connectivity index is 2.02. The van der Waals surface area contributed by atoms with Gasteiger partial charge in [0.15, 0.2) is 10.4 Å². The minimum absolute atomic E-state index is 0.00260. The number of fused-ring (bicyclic) bond motifs is 1. The molecule has 1 unspecified atom stereocenters. The molecule has 0 aromatic carbocycles. The predicted octanol–water partition coefficient (Wildman–Crippen LogP) is 2.24. The SMILES string of the molecule is Cc1ccc2[nH]c(=S)n(C(C)C(=O)NC3CC3)c2n1. The topological polar surface area (TPSA) is 62.7 Å². The van der Waals surface area contributed by atoms with Gasteiger partial charge < -0.3 is 10.3 Å². The lowest BCUT2D eigenvalue weighted by Gasteiger charge is -2.14. The summed E-state index contributed by atoms with van der Waals surface area (Å²) in [7, 11) is 0. The summed E-state index contributed by atoms with van der Waals surface area (Å²) in [4.78, 5) is 19.7. The Kier molecular flexibility index (Phi) is 2.89. The third-order valence-corrected chi connectivity index (χ3v) is 3.69. The molecular weight excluding hydrogens is 260 g/mol. The van der Waals surface area contributed by atoms with Crippen LogP contribution < -0.4 is 5.32 Å². The number of H-pyrrole nitrogens is 1. The van der Waals surface area contributed by atoms with E-state index in [0.717, 1.165) is 29.7 Å². The molecule has 3 rings (SSSR count). The average molecular weight is 276 g/mol. The highest BCUT2D eigenvalue weighted by atomic mass is 32.1. The third kappa shape index (κ3) is 2.28. The van der Waals surface area contributed by atoms with Crippen LogP contribution in [0.2, 0.25) is 0 Å². The van der Waals surface area contributed by atoms with E-state index in [1.807, 2.05) is 26.0 Å². The molecule has 0 saturated heterocycles. The van der Waals surface area contributed by atoms with Gasteiger partial charge in [0.1, 0.15) is 6.04 Å². The predicted molar refractivity (Wildman–Crippen MR) is 75.5 cm³/mol. The summed E-state index contributed by atoms with van der Waals surface area (Å²) in [6, 6.07) is 3.86. The summed E-state index contributed by atoms with van der Waals surface area (Å²) in [5.74, 6) is 0.00260. The van der Waals surface area contributed by atoms with Crippen molar-refractivity contribution in [2.45, 2.75) is 38.8 Å². The standard InChI is InChI=1S/C13H16N4OS/c1-7-3-6-10-11(14-7)17(13(19)16-10)8(2)12(18)15-9-4-5-9/h3,6,8-9H,4-5H2,1-2H3,(H,15,18)(H,16,19). The Morgan fingerprint density at radius 3 is 3.00 bits per heavy atom. The summed E-state index contributed by atoms with van der Waals surface area (Å²) in [6.45, 7) is 3.78. The summed E-state index contributed by atoms with van der Waals surface area (Å²) >= 11 is 5.31. The molecule has 2 aromatic heterocycles. The van der Waals surface area contributed by atoms with E-state index in [0.29, 0.717) is 10.8 Å². The van der Waals surface area contributed by atoms with E-state index in [9.17, 15) is 4.79 Å². The third-order valence-electron chi connectivity index (χ3n) is 3.39. The highest BCUT2D eigenvalue weighted by Gasteiger charge is 2.27. The highest BCUT2D eigenvalue weighted by molar-refractivity contribution is 7.71. The number of rotatable bonds is 3. The molecule has 1 saturated carbocycles. The zero-order chi connectivity index (χ0) is 13.6. The van der Waals surface area contributed by atoms with Gasteiger partial charge in [-0.1, -0.05) is 0 Å². The molecule has 0 bridgehead atoms. The second kappa shape index (κ2) is 4.45. The molecule has 1 amide bonds. The van der Waals surface area contributed by atoms with Gasteiger partial charge >= 0.3 is 0 Å². The molecule has 1 fully saturated rings. The van der Waals surface area contributed by atoms with E-state index < -0.39 is 0 Å². The maximum atomic E-state index is 12.2. The molecular formula is C13H16N4OS. The van der Waals surface area contributed by atoms with Crippen molar-refractivity contribution in [3.8, 4) is 0 Å². The maximum absolute atomic E-state index is 12.2. The number of nitrogens with one attached hydrogen (secondary N) is 2. The van der Waals surface area contributed by atoms with Crippen molar-refractivity contribution in [2.24, 2.45) is 0 Å². The van der Waals surface area contributed by atoms with Crippen LogP contribution in [0.4, 0.5) is 0 Å². The van der Waals surface area contributed by atoms with Crippen LogP contribution in [0.1, 0.15) is 31.5 Å². The van der Waals surface area contributed by atoms with Crippen LogP contribution in [0.15, 0.2) is 12.1 Å². The molecule has 2 aromatic rings. The van der Waals surface area contributed by atoms with Crippen LogP contribution in [-0.4, -0.2) is 26.5 Å². The molecule has 1 aliphatic rings. The Hall–Kier alpha value is -1.69. The molecule has 6 heteroatoms. The fourth-order valence-electron chi connectivity index (χ4n) is 2.12. The molecule has 0 aliphatic heterocycles. The second-order valence-electron chi connectivity index (χ2n) is 5.08. The zero-order valence-corrected chi connectivity index (χ0v) is 11.8. The van der Waals surface area contributed by atoms with Gasteiger partial charge in [-0.05, 0) is 51.0 Å². The van der Waals surface area contributed by atoms with Crippen molar-refractivity contribution in [3.63, 3.8) is 0 Å². The quantitative estimate of drug-likeness (QED) is 0.845. The minimum atomic E-state index is -0.351. The zero-order valence-electron chi connectivity index (χ0n) is 10.9. The first-order valence-electron chi connectivity index (χ1n) is 6.44. The fourth-order valence-corrected chi connectivity index (χ4v) is 2.48. The normalized spacial score (nSPS) is 16.5. The Morgan fingerprint density at radius 1 is 1.58 bits per heavy atom. The molecule has 100 valence electrons. The number of nitrogens with zero attached hydrogens (tertiary/aromatic N) is 2. The number of pyridine rings is 1. The number of carbonyl (C=O) groups excluding carboxylic acids is 1. The van der Waals surface area contributed by atoms with Crippen molar-refractivity contribution in [2.75, 3.05) is 0 Å². The van der Waals surface area contributed by atoms with Crippen molar-refractivity contribution in [1.82, 2.24) is 19.9 Å². The van der Waals surface area contributed by atoms with Gasteiger partial charge in [0.05, 0.1) is 5.52 Å². The summed E-state index contributed by atoms with van der Waals surface area (Å²) in [5.41, 5.74) is 2.51. The minimum Gasteiger partial charge on any atom is -0.352 e. The van der Waals surface area contributed by atoms with Crippen LogP contribution in [0, 0.1) is 11.7 Å². The van der Waals surface area contributed by atoms with Crippen LogP contribution >= 0.6 is 12.2 Å². The molecule has 2 N–H and O–H groups in total. The van der Waals surface area contributed by atoms with Gasteiger partial charge in [0.2, 0.25) is 5.91 Å². The fraction of sp³-hybridized carbons (Fsp3) is 0.462. The number of aryl methyl sites for hydroxylation is 1. The average Bonchev–Trinajstić information content (AvgIpc) is 3.10. The summed E-state index contributed by atoms with van der Waals surface area (Å²) in [6.07, 6.45) is 2.16. The van der Waals surface area contributed by atoms with Crippen LogP contribution in [0.25, 0.3) is 11.2 Å². The summed E-state index contributed by atoms with van der Waals surface area (Å²) in [5, 5.41) is 3.00. The number of aromatic amines is 1. The van der Waals surface area contributed by atoms with E-state index in [1.54, 1.807) is 4.57 Å². The monoisotopic (exact) mass is 276 g/mol. The Labute approximate surface area is 116 Å². The first kappa shape index (κ1) is 12.3. The Bertz CT molecular complexity index is 698. The number of aromatic nitrogens is 3. The molecule has 0 spiro atoms. The van der Waals surface area contributed by atoms with Gasteiger partial charge in [0, 0.05) is 11.7 Å². The van der Waals surface area contributed by atoms with E-state index in [-0.39, 0.29) is 11.9 Å². The lowest BCUT2D eigenvalue weighted by molar-refractivity contribution is -0.123. The molecule has 2 heterocycles.